The number of ether oxygens (including phenoxy) is 4. The summed E-state index contributed by atoms with van der Waals surface area (Å²) in [5.74, 6) is 1.15. The summed E-state index contributed by atoms with van der Waals surface area (Å²) in [4.78, 5) is 23.6. The standard InChI is InChI=1S/C31H34O6/c1-3-25-22-28(18-19-29(25)36-23-24-12-8-7-9-13-24)37-31(33)26-14-16-27(17-15-26)34-20-10-5-6-11-21-35-30(32)4-2/h4,7-9,12-19,22H,2-3,5-6,10-11,20-21,23H2,1H3. The van der Waals surface area contributed by atoms with Gasteiger partial charge in [-0.25, -0.2) is 9.59 Å². The van der Waals surface area contributed by atoms with Gasteiger partial charge in [-0.15, -0.1) is 0 Å². The quantitative estimate of drug-likeness (QED) is 0.0995. The summed E-state index contributed by atoms with van der Waals surface area (Å²) in [7, 11) is 0. The fraction of sp³-hybridized carbons (Fsp3) is 0.290. The Kier molecular flexibility index (Phi) is 11.3. The average Bonchev–Trinajstić information content (AvgIpc) is 2.94. The maximum atomic E-state index is 12.6. The molecule has 6 heteroatoms. The highest BCUT2D eigenvalue weighted by molar-refractivity contribution is 5.91. The molecule has 0 spiro atoms. The average molecular weight is 503 g/mol. The molecule has 0 unspecified atom stereocenters. The molecule has 0 fully saturated rings. The van der Waals surface area contributed by atoms with Crippen LogP contribution in [0.4, 0.5) is 0 Å². The second-order valence-corrected chi connectivity index (χ2v) is 8.45. The van der Waals surface area contributed by atoms with Crippen molar-refractivity contribution in [3.05, 3.63) is 102 Å². The lowest BCUT2D eigenvalue weighted by Crippen LogP contribution is -2.09. The molecule has 0 heterocycles. The van der Waals surface area contributed by atoms with Crippen LogP contribution in [-0.2, 0) is 22.6 Å². The van der Waals surface area contributed by atoms with Gasteiger partial charge in [-0.3, -0.25) is 0 Å². The van der Waals surface area contributed by atoms with Gasteiger partial charge in [-0.2, -0.15) is 0 Å². The van der Waals surface area contributed by atoms with Crippen molar-refractivity contribution in [2.45, 2.75) is 45.6 Å². The van der Waals surface area contributed by atoms with E-state index in [-0.39, 0.29) is 5.97 Å². The number of carbonyl (C=O) groups excluding carboxylic acids is 2. The van der Waals surface area contributed by atoms with Crippen LogP contribution in [0, 0.1) is 0 Å². The number of hydrogen-bond acceptors (Lipinski definition) is 6. The van der Waals surface area contributed by atoms with Gasteiger partial charge in [-0.05, 0) is 85.7 Å². The molecule has 6 nitrogen and oxygen atoms in total. The third kappa shape index (κ3) is 9.49. The SMILES string of the molecule is C=CC(=O)OCCCCCCOc1ccc(C(=O)Oc2ccc(OCc3ccccc3)c(CC)c2)cc1. The molecule has 194 valence electrons. The van der Waals surface area contributed by atoms with Crippen LogP contribution in [0.1, 0.15) is 54.1 Å². The van der Waals surface area contributed by atoms with Crippen molar-refractivity contribution in [3.8, 4) is 17.2 Å². The fourth-order valence-corrected chi connectivity index (χ4v) is 3.60. The maximum Gasteiger partial charge on any atom is 0.343 e. The van der Waals surface area contributed by atoms with Gasteiger partial charge in [0.15, 0.2) is 0 Å². The molecule has 0 saturated carbocycles. The Morgan fingerprint density at radius 2 is 1.51 bits per heavy atom. The van der Waals surface area contributed by atoms with E-state index in [4.69, 9.17) is 18.9 Å². The second-order valence-electron chi connectivity index (χ2n) is 8.45. The number of rotatable bonds is 15. The first-order chi connectivity index (χ1) is 18.1. The first-order valence-corrected chi connectivity index (χ1v) is 12.6. The molecule has 0 amide bonds. The zero-order valence-corrected chi connectivity index (χ0v) is 21.3. The van der Waals surface area contributed by atoms with Crippen molar-refractivity contribution in [1.82, 2.24) is 0 Å². The number of benzene rings is 3. The Labute approximate surface area is 218 Å². The molecule has 3 rings (SSSR count). The lowest BCUT2D eigenvalue weighted by Gasteiger charge is -2.13. The van der Waals surface area contributed by atoms with Gasteiger partial charge in [-0.1, -0.05) is 43.8 Å². The first kappa shape index (κ1) is 27.5. The summed E-state index contributed by atoms with van der Waals surface area (Å²) >= 11 is 0. The van der Waals surface area contributed by atoms with E-state index in [2.05, 4.69) is 6.58 Å². The predicted molar refractivity (Wildman–Crippen MR) is 143 cm³/mol. The van der Waals surface area contributed by atoms with E-state index in [0.717, 1.165) is 49.0 Å². The van der Waals surface area contributed by atoms with Gasteiger partial charge in [0.05, 0.1) is 18.8 Å². The third-order valence-electron chi connectivity index (χ3n) is 5.67. The summed E-state index contributed by atoms with van der Waals surface area (Å²) in [6.45, 7) is 6.87. The van der Waals surface area contributed by atoms with Gasteiger partial charge in [0.2, 0.25) is 0 Å². The minimum absolute atomic E-state index is 0.386. The van der Waals surface area contributed by atoms with E-state index < -0.39 is 5.97 Å². The van der Waals surface area contributed by atoms with Crippen LogP contribution in [-0.4, -0.2) is 25.2 Å². The Morgan fingerprint density at radius 3 is 2.22 bits per heavy atom. The van der Waals surface area contributed by atoms with Crippen molar-refractivity contribution in [1.29, 1.82) is 0 Å². The van der Waals surface area contributed by atoms with Crippen molar-refractivity contribution in [3.63, 3.8) is 0 Å². The van der Waals surface area contributed by atoms with E-state index in [0.29, 0.717) is 36.9 Å². The van der Waals surface area contributed by atoms with Crippen LogP contribution >= 0.6 is 0 Å². The van der Waals surface area contributed by atoms with Gasteiger partial charge in [0, 0.05) is 6.08 Å². The fourth-order valence-electron chi connectivity index (χ4n) is 3.60. The van der Waals surface area contributed by atoms with E-state index in [1.165, 1.54) is 6.08 Å². The van der Waals surface area contributed by atoms with E-state index in [1.807, 2.05) is 49.4 Å². The third-order valence-corrected chi connectivity index (χ3v) is 5.67. The molecule has 0 saturated heterocycles. The topological polar surface area (TPSA) is 71.1 Å². The Bertz CT molecular complexity index is 1140. The van der Waals surface area contributed by atoms with Crippen LogP contribution in [0.25, 0.3) is 0 Å². The van der Waals surface area contributed by atoms with Crippen LogP contribution in [0.2, 0.25) is 0 Å². The normalized spacial score (nSPS) is 10.4. The van der Waals surface area contributed by atoms with E-state index in [1.54, 1.807) is 30.3 Å². The molecule has 3 aromatic carbocycles. The molecule has 37 heavy (non-hydrogen) atoms. The zero-order chi connectivity index (χ0) is 26.3. The van der Waals surface area contributed by atoms with Gasteiger partial charge in [0.1, 0.15) is 23.9 Å². The first-order valence-electron chi connectivity index (χ1n) is 12.6. The second kappa shape index (κ2) is 15.1. The summed E-state index contributed by atoms with van der Waals surface area (Å²) in [5.41, 5.74) is 2.52. The molecule has 0 atom stereocenters. The molecule has 0 radical (unpaired) electrons. The minimum Gasteiger partial charge on any atom is -0.494 e. The summed E-state index contributed by atoms with van der Waals surface area (Å²) < 4.78 is 22.3. The van der Waals surface area contributed by atoms with Gasteiger partial charge < -0.3 is 18.9 Å². The minimum atomic E-state index is -0.427. The largest absolute Gasteiger partial charge is 0.494 e. The molecule has 0 bridgehead atoms. The number of esters is 2. The number of unbranched alkanes of at least 4 members (excludes halogenated alkanes) is 3. The van der Waals surface area contributed by atoms with Crippen molar-refractivity contribution < 1.29 is 28.5 Å². The number of aryl methyl sites for hydroxylation is 1. The van der Waals surface area contributed by atoms with E-state index in [9.17, 15) is 9.59 Å². The highest BCUT2D eigenvalue weighted by Crippen LogP contribution is 2.26. The smallest absolute Gasteiger partial charge is 0.343 e. The lowest BCUT2D eigenvalue weighted by molar-refractivity contribution is -0.137. The van der Waals surface area contributed by atoms with Crippen LogP contribution in [0.5, 0.6) is 17.2 Å². The summed E-state index contributed by atoms with van der Waals surface area (Å²) in [6.07, 6.45) is 5.57. The summed E-state index contributed by atoms with van der Waals surface area (Å²) in [5, 5.41) is 0. The molecule has 0 aliphatic heterocycles. The monoisotopic (exact) mass is 502 g/mol. The molecular formula is C31H34O6. The Hall–Kier alpha value is -4.06. The maximum absolute atomic E-state index is 12.6. The van der Waals surface area contributed by atoms with Crippen molar-refractivity contribution in [2.75, 3.05) is 13.2 Å². The molecule has 3 aromatic rings. The highest BCUT2D eigenvalue weighted by Gasteiger charge is 2.11. The van der Waals surface area contributed by atoms with Gasteiger partial charge in [0.25, 0.3) is 0 Å². The van der Waals surface area contributed by atoms with Gasteiger partial charge >= 0.3 is 11.9 Å². The Balaban J connectivity index is 1.41. The molecule has 0 aromatic heterocycles. The van der Waals surface area contributed by atoms with Crippen molar-refractivity contribution >= 4 is 11.9 Å². The van der Waals surface area contributed by atoms with Crippen LogP contribution < -0.4 is 14.2 Å². The summed E-state index contributed by atoms with van der Waals surface area (Å²) in [6, 6.07) is 22.4. The molecule has 0 aliphatic rings. The highest BCUT2D eigenvalue weighted by atomic mass is 16.5. The zero-order valence-electron chi connectivity index (χ0n) is 21.3. The Morgan fingerprint density at radius 1 is 0.811 bits per heavy atom. The van der Waals surface area contributed by atoms with Crippen LogP contribution in [0.15, 0.2) is 85.5 Å². The lowest BCUT2D eigenvalue weighted by atomic mass is 10.1. The van der Waals surface area contributed by atoms with Crippen molar-refractivity contribution in [2.24, 2.45) is 0 Å². The van der Waals surface area contributed by atoms with Crippen LogP contribution in [0.3, 0.4) is 0 Å². The molecule has 0 aliphatic carbocycles. The van der Waals surface area contributed by atoms with E-state index >= 15 is 0 Å². The number of carbonyl (C=O) groups is 2. The number of hydrogen-bond donors (Lipinski definition) is 0. The molecular weight excluding hydrogens is 468 g/mol. The predicted octanol–water partition coefficient (Wildman–Crippen LogP) is 6.72. The molecule has 0 N–H and O–H groups in total.